The van der Waals surface area contributed by atoms with Gasteiger partial charge in [-0.1, -0.05) is 0 Å². The van der Waals surface area contributed by atoms with Crippen molar-refractivity contribution >= 4 is 10.0 Å². The SMILES string of the molecule is CN(C)[C@H](CNS(=O)(=O)c1ccc(F)cc1)c1cccn1C. The van der Waals surface area contributed by atoms with Gasteiger partial charge in [0.05, 0.1) is 10.9 Å². The van der Waals surface area contributed by atoms with Crippen molar-refractivity contribution < 1.29 is 12.8 Å². The van der Waals surface area contributed by atoms with Crippen molar-refractivity contribution in [2.24, 2.45) is 7.05 Å². The average molecular weight is 325 g/mol. The first kappa shape index (κ1) is 16.7. The Morgan fingerprint density at radius 2 is 1.86 bits per heavy atom. The highest BCUT2D eigenvalue weighted by atomic mass is 32.2. The first-order valence-corrected chi connectivity index (χ1v) is 8.32. The van der Waals surface area contributed by atoms with E-state index in [0.717, 1.165) is 17.8 Å². The van der Waals surface area contributed by atoms with Crippen LogP contribution in [0.5, 0.6) is 0 Å². The van der Waals surface area contributed by atoms with Crippen molar-refractivity contribution in [2.45, 2.75) is 10.9 Å². The zero-order valence-electron chi connectivity index (χ0n) is 12.8. The number of aryl methyl sites for hydroxylation is 1. The summed E-state index contributed by atoms with van der Waals surface area (Å²) >= 11 is 0. The largest absolute Gasteiger partial charge is 0.353 e. The lowest BCUT2D eigenvalue weighted by Gasteiger charge is -2.25. The number of halogens is 1. The molecule has 120 valence electrons. The Morgan fingerprint density at radius 1 is 1.23 bits per heavy atom. The second-order valence-corrected chi connectivity index (χ2v) is 7.10. The number of rotatable bonds is 6. The summed E-state index contributed by atoms with van der Waals surface area (Å²) in [7, 11) is 2.04. The van der Waals surface area contributed by atoms with Crippen LogP contribution in [-0.4, -0.2) is 38.5 Å². The van der Waals surface area contributed by atoms with E-state index < -0.39 is 15.8 Å². The molecule has 7 heteroatoms. The standard InChI is InChI=1S/C15H20FN3O2S/c1-18(2)15(14-5-4-10-19(14)3)11-17-22(20,21)13-8-6-12(16)7-9-13/h4-10,15,17H,11H2,1-3H3/t15-/m1/s1. The number of nitrogens with one attached hydrogen (secondary N) is 1. The number of benzene rings is 1. The third-order valence-electron chi connectivity index (χ3n) is 3.54. The van der Waals surface area contributed by atoms with E-state index in [1.54, 1.807) is 0 Å². The number of nitrogens with zero attached hydrogens (tertiary/aromatic N) is 2. The fourth-order valence-electron chi connectivity index (χ4n) is 2.26. The van der Waals surface area contributed by atoms with Crippen LogP contribution >= 0.6 is 0 Å². The quantitative estimate of drug-likeness (QED) is 0.880. The van der Waals surface area contributed by atoms with Crippen LogP contribution in [0.2, 0.25) is 0 Å². The molecule has 1 atom stereocenters. The third kappa shape index (κ3) is 3.73. The Bertz CT molecular complexity index is 724. The van der Waals surface area contributed by atoms with Gasteiger partial charge in [-0.05, 0) is 50.5 Å². The molecule has 0 saturated carbocycles. The third-order valence-corrected chi connectivity index (χ3v) is 4.98. The summed E-state index contributed by atoms with van der Waals surface area (Å²) in [6, 6.07) is 8.55. The van der Waals surface area contributed by atoms with E-state index in [0.29, 0.717) is 0 Å². The number of hydrogen-bond acceptors (Lipinski definition) is 3. The van der Waals surface area contributed by atoms with Crippen molar-refractivity contribution in [3.05, 3.63) is 54.1 Å². The molecule has 0 aliphatic carbocycles. The Morgan fingerprint density at radius 3 is 2.36 bits per heavy atom. The van der Waals surface area contributed by atoms with Gasteiger partial charge in [0.15, 0.2) is 0 Å². The molecule has 0 fully saturated rings. The van der Waals surface area contributed by atoms with Crippen molar-refractivity contribution in [1.29, 1.82) is 0 Å². The van der Waals surface area contributed by atoms with E-state index in [9.17, 15) is 12.8 Å². The molecular formula is C15H20FN3O2S. The molecule has 0 unspecified atom stereocenters. The van der Waals surface area contributed by atoms with Crippen LogP contribution in [0.3, 0.4) is 0 Å². The van der Waals surface area contributed by atoms with E-state index in [2.05, 4.69) is 4.72 Å². The molecule has 0 radical (unpaired) electrons. The predicted octanol–water partition coefficient (Wildman–Crippen LogP) is 1.75. The Labute approximate surface area is 130 Å². The van der Waals surface area contributed by atoms with Gasteiger partial charge >= 0.3 is 0 Å². The summed E-state index contributed by atoms with van der Waals surface area (Å²) < 4.78 is 42.0. The first-order chi connectivity index (χ1) is 10.3. The highest BCUT2D eigenvalue weighted by Gasteiger charge is 2.21. The van der Waals surface area contributed by atoms with Crippen LogP contribution in [0, 0.1) is 5.82 Å². The van der Waals surface area contributed by atoms with Gasteiger partial charge in [0.2, 0.25) is 10.0 Å². The second kappa shape index (κ2) is 6.60. The molecular weight excluding hydrogens is 305 g/mol. The molecule has 2 rings (SSSR count). The molecule has 22 heavy (non-hydrogen) atoms. The lowest BCUT2D eigenvalue weighted by molar-refractivity contribution is 0.289. The zero-order chi connectivity index (χ0) is 16.3. The summed E-state index contributed by atoms with van der Waals surface area (Å²) in [5.74, 6) is -0.464. The van der Waals surface area contributed by atoms with Crippen LogP contribution < -0.4 is 4.72 Å². The van der Waals surface area contributed by atoms with Crippen molar-refractivity contribution in [3.63, 3.8) is 0 Å². The molecule has 0 aliphatic rings. The fraction of sp³-hybridized carbons (Fsp3) is 0.333. The van der Waals surface area contributed by atoms with Crippen LogP contribution in [0.4, 0.5) is 4.39 Å². The van der Waals surface area contributed by atoms with Gasteiger partial charge in [-0.3, -0.25) is 4.90 Å². The smallest absolute Gasteiger partial charge is 0.240 e. The zero-order valence-corrected chi connectivity index (χ0v) is 13.6. The lowest BCUT2D eigenvalue weighted by atomic mass is 10.2. The Hall–Kier alpha value is -1.70. The maximum Gasteiger partial charge on any atom is 0.240 e. The molecule has 0 spiro atoms. The maximum atomic E-state index is 12.9. The summed E-state index contributed by atoms with van der Waals surface area (Å²) in [6.45, 7) is 0.227. The first-order valence-electron chi connectivity index (χ1n) is 6.84. The van der Waals surface area contributed by atoms with Gasteiger partial charge in [-0.2, -0.15) is 0 Å². The van der Waals surface area contributed by atoms with E-state index in [4.69, 9.17) is 0 Å². The average Bonchev–Trinajstić information content (AvgIpc) is 2.85. The minimum Gasteiger partial charge on any atom is -0.353 e. The van der Waals surface area contributed by atoms with Gasteiger partial charge in [0.25, 0.3) is 0 Å². The van der Waals surface area contributed by atoms with Crippen LogP contribution in [-0.2, 0) is 17.1 Å². The number of likely N-dealkylation sites (N-methyl/N-ethyl adjacent to an activating group) is 1. The summed E-state index contributed by atoms with van der Waals surface area (Å²) in [4.78, 5) is 2.00. The minimum absolute atomic E-state index is 0.0540. The van der Waals surface area contributed by atoms with Crippen molar-refractivity contribution in [2.75, 3.05) is 20.6 Å². The summed E-state index contributed by atoms with van der Waals surface area (Å²) in [5.41, 5.74) is 1.01. The highest BCUT2D eigenvalue weighted by molar-refractivity contribution is 7.89. The fourth-order valence-corrected chi connectivity index (χ4v) is 3.30. The van der Waals surface area contributed by atoms with Gasteiger partial charge in [0, 0.05) is 25.5 Å². The molecule has 0 bridgehead atoms. The molecule has 0 aliphatic heterocycles. The monoisotopic (exact) mass is 325 g/mol. The second-order valence-electron chi connectivity index (χ2n) is 5.33. The van der Waals surface area contributed by atoms with Crippen LogP contribution in [0.25, 0.3) is 0 Å². The van der Waals surface area contributed by atoms with Crippen molar-refractivity contribution in [1.82, 2.24) is 14.2 Å². The van der Waals surface area contributed by atoms with E-state index in [1.807, 2.05) is 48.9 Å². The van der Waals surface area contributed by atoms with E-state index >= 15 is 0 Å². The molecule has 2 aromatic rings. The molecule has 5 nitrogen and oxygen atoms in total. The van der Waals surface area contributed by atoms with Crippen LogP contribution in [0.1, 0.15) is 11.7 Å². The van der Waals surface area contributed by atoms with Gasteiger partial charge < -0.3 is 4.57 Å². The predicted molar refractivity (Wildman–Crippen MR) is 83.4 cm³/mol. The number of aromatic nitrogens is 1. The van der Waals surface area contributed by atoms with Crippen LogP contribution in [0.15, 0.2) is 47.5 Å². The summed E-state index contributed by atoms with van der Waals surface area (Å²) in [6.07, 6.45) is 1.92. The normalized spacial score (nSPS) is 13.5. The Balaban J connectivity index is 2.15. The van der Waals surface area contributed by atoms with Gasteiger partial charge in [-0.15, -0.1) is 0 Å². The molecule has 1 heterocycles. The van der Waals surface area contributed by atoms with E-state index in [-0.39, 0.29) is 17.5 Å². The number of sulfonamides is 1. The lowest BCUT2D eigenvalue weighted by Crippen LogP contribution is -2.35. The van der Waals surface area contributed by atoms with Crippen molar-refractivity contribution in [3.8, 4) is 0 Å². The molecule has 1 N–H and O–H groups in total. The topological polar surface area (TPSA) is 54.3 Å². The molecule has 1 aromatic carbocycles. The highest BCUT2D eigenvalue weighted by Crippen LogP contribution is 2.18. The summed E-state index contributed by atoms with van der Waals surface area (Å²) in [5, 5.41) is 0. The molecule has 0 saturated heterocycles. The number of hydrogen-bond donors (Lipinski definition) is 1. The molecule has 1 aromatic heterocycles. The Kier molecular flexibility index (Phi) is 5.00. The molecule has 0 amide bonds. The maximum absolute atomic E-state index is 12.9. The van der Waals surface area contributed by atoms with Gasteiger partial charge in [-0.25, -0.2) is 17.5 Å². The van der Waals surface area contributed by atoms with Gasteiger partial charge in [0.1, 0.15) is 5.82 Å². The van der Waals surface area contributed by atoms with E-state index in [1.165, 1.54) is 12.1 Å². The minimum atomic E-state index is -3.66.